The SMILES string of the molecule is CC(C)C(=O)CCOCCOCCOCCOCCSSCCC(=O)N(C)C(C)C(=O)O.CNO[C@@]12C/C=C/C=C(\C)Cc3cc(OC)c(Cl)c(c3)N(C)C(=O)CCC3(C)OC3C(C)C(C1)OC(=O)N2. The number of carboxylic acid groups (broad SMARTS) is 1. The number of alkyl carbamates (subject to hydrolysis) is 1. The van der Waals surface area contributed by atoms with Crippen molar-refractivity contribution in [1.29, 1.82) is 0 Å². The number of halogens is 1. The first kappa shape index (κ1) is 60.9. The lowest BCUT2D eigenvalue weighted by molar-refractivity contribution is -0.159. The van der Waals surface area contributed by atoms with E-state index in [0.29, 0.717) is 114 Å². The second-order valence-electron chi connectivity index (χ2n) is 17.9. The molecule has 4 bridgehead atoms. The molecule has 3 heterocycles. The number of benzene rings is 1. The summed E-state index contributed by atoms with van der Waals surface area (Å²) in [7, 11) is 9.67. The number of carbonyl (C=O) groups is 5. The van der Waals surface area contributed by atoms with Crippen LogP contribution in [0.15, 0.2) is 35.9 Å². The van der Waals surface area contributed by atoms with Crippen molar-refractivity contribution in [1.82, 2.24) is 15.7 Å². The average molecular weight is 1050 g/mol. The van der Waals surface area contributed by atoms with E-state index in [4.69, 9.17) is 54.7 Å². The van der Waals surface area contributed by atoms with E-state index in [-0.39, 0.29) is 42.0 Å². The van der Waals surface area contributed by atoms with Gasteiger partial charge in [0.2, 0.25) is 11.8 Å². The molecule has 21 heteroatoms. The highest BCUT2D eigenvalue weighted by Gasteiger charge is 2.58. The molecule has 3 aliphatic rings. The second-order valence-corrected chi connectivity index (χ2v) is 21.0. The van der Waals surface area contributed by atoms with Gasteiger partial charge >= 0.3 is 12.1 Å². The van der Waals surface area contributed by atoms with Gasteiger partial charge in [0.15, 0.2) is 5.72 Å². The van der Waals surface area contributed by atoms with Gasteiger partial charge in [-0.2, -0.15) is 0 Å². The van der Waals surface area contributed by atoms with Crippen LogP contribution in [0.1, 0.15) is 85.6 Å². The molecule has 1 aromatic carbocycles. The molecule has 0 aliphatic carbocycles. The number of fused-ring (bicyclic) bond motifs is 5. The van der Waals surface area contributed by atoms with Crippen LogP contribution in [-0.4, -0.2) is 162 Å². The van der Waals surface area contributed by atoms with Crippen molar-refractivity contribution in [3.63, 3.8) is 0 Å². The Hall–Kier alpha value is -3.44. The Kier molecular flexibility index (Phi) is 27.1. The van der Waals surface area contributed by atoms with Gasteiger partial charge in [0, 0.05) is 76.6 Å². The third-order valence-corrected chi connectivity index (χ3v) is 14.9. The number of carboxylic acids is 1. The van der Waals surface area contributed by atoms with Crippen LogP contribution in [0, 0.1) is 11.8 Å². The van der Waals surface area contributed by atoms with Gasteiger partial charge in [0.05, 0.1) is 77.4 Å². The minimum atomic E-state index is -1.01. The Labute approximate surface area is 427 Å². The number of carbonyl (C=O) groups excluding carboxylic acids is 4. The Bertz CT molecular complexity index is 1910. The summed E-state index contributed by atoms with van der Waals surface area (Å²) >= 11 is 6.62. The Morgan fingerprint density at radius 1 is 1.00 bits per heavy atom. The molecule has 0 aromatic heterocycles. The molecule has 3 aliphatic heterocycles. The van der Waals surface area contributed by atoms with Gasteiger partial charge in [-0.3, -0.25) is 24.5 Å². The first-order valence-electron chi connectivity index (χ1n) is 23.8. The van der Waals surface area contributed by atoms with E-state index in [9.17, 15) is 24.0 Å². The van der Waals surface area contributed by atoms with Crippen molar-refractivity contribution >= 4 is 68.5 Å². The molecule has 2 fully saturated rings. The summed E-state index contributed by atoms with van der Waals surface area (Å²) in [4.78, 5) is 68.7. The van der Waals surface area contributed by atoms with Crippen molar-refractivity contribution in [2.75, 3.05) is 97.5 Å². The van der Waals surface area contributed by atoms with Crippen molar-refractivity contribution < 1.29 is 67.1 Å². The first-order valence-corrected chi connectivity index (χ1v) is 26.7. The highest BCUT2D eigenvalue weighted by Crippen LogP contribution is 2.48. The van der Waals surface area contributed by atoms with Gasteiger partial charge in [-0.25, -0.2) is 15.1 Å². The molecule has 4 rings (SSSR count). The van der Waals surface area contributed by atoms with Crippen molar-refractivity contribution in [3.8, 4) is 5.75 Å². The lowest BCUT2D eigenvalue weighted by atomic mass is 9.85. The summed E-state index contributed by atoms with van der Waals surface area (Å²) in [6, 6.07) is 3.02. The highest BCUT2D eigenvalue weighted by atomic mass is 35.5. The molecule has 0 radical (unpaired) electrons. The molecule has 0 spiro atoms. The van der Waals surface area contributed by atoms with Gasteiger partial charge < -0.3 is 48.1 Å². The predicted octanol–water partition coefficient (Wildman–Crippen LogP) is 7.05. The second kappa shape index (κ2) is 31.2. The monoisotopic (exact) mass is 1040 g/mol. The molecule has 1 aromatic rings. The maximum Gasteiger partial charge on any atom is 0.409 e. The number of likely N-dealkylation sites (N-methyl/N-ethyl adjacent to an activating group) is 1. The highest BCUT2D eigenvalue weighted by molar-refractivity contribution is 8.76. The number of amides is 3. The molecule has 6 atom stereocenters. The molecule has 2 saturated heterocycles. The predicted molar refractivity (Wildman–Crippen MR) is 272 cm³/mol. The number of hydrogen-bond donors (Lipinski definition) is 3. The number of epoxide rings is 1. The summed E-state index contributed by atoms with van der Waals surface area (Å²) in [5, 5.41) is 12.2. The van der Waals surface area contributed by atoms with Gasteiger partial charge in [-0.05, 0) is 51.3 Å². The fourth-order valence-corrected chi connectivity index (χ4v) is 9.75. The number of anilines is 1. The summed E-state index contributed by atoms with van der Waals surface area (Å²) in [5.74, 6) is 0.872. The molecule has 18 nitrogen and oxygen atoms in total. The third kappa shape index (κ3) is 20.6. The molecule has 0 saturated carbocycles. The van der Waals surface area contributed by atoms with Crippen LogP contribution in [0.25, 0.3) is 0 Å². The van der Waals surface area contributed by atoms with Gasteiger partial charge in [0.1, 0.15) is 28.7 Å². The summed E-state index contributed by atoms with van der Waals surface area (Å²) in [6.45, 7) is 15.3. The van der Waals surface area contributed by atoms with Crippen LogP contribution in [0.5, 0.6) is 5.75 Å². The van der Waals surface area contributed by atoms with E-state index < -0.39 is 35.5 Å². The third-order valence-electron chi connectivity index (χ3n) is 12.1. The van der Waals surface area contributed by atoms with E-state index in [1.165, 1.54) is 18.9 Å². The number of hydrogen-bond acceptors (Lipinski definition) is 16. The number of ketones is 1. The zero-order valence-electron chi connectivity index (χ0n) is 42.6. The molecule has 3 N–H and O–H groups in total. The molecular formula is C49H77ClN4O14S2. The first-order chi connectivity index (χ1) is 33.3. The average Bonchev–Trinajstić information content (AvgIpc) is 4.01. The minimum absolute atomic E-state index is 0.0558. The van der Waals surface area contributed by atoms with Gasteiger partial charge in [-0.15, -0.1) is 0 Å². The van der Waals surface area contributed by atoms with Crippen molar-refractivity contribution in [3.05, 3.63) is 46.5 Å². The van der Waals surface area contributed by atoms with Crippen LogP contribution >= 0.6 is 33.2 Å². The van der Waals surface area contributed by atoms with Crippen LogP contribution in [0.2, 0.25) is 5.02 Å². The summed E-state index contributed by atoms with van der Waals surface area (Å²) in [6.07, 6.45) is 7.94. The number of allylic oxidation sites excluding steroid dienone is 3. The molecule has 70 heavy (non-hydrogen) atoms. The van der Waals surface area contributed by atoms with E-state index >= 15 is 0 Å². The molecule has 396 valence electrons. The number of Topliss-reactive ketones (excluding diaryl/α,β-unsaturated/α-hetero) is 1. The van der Waals surface area contributed by atoms with Gasteiger partial charge in [0.25, 0.3) is 0 Å². The number of rotatable bonds is 25. The van der Waals surface area contributed by atoms with Crippen molar-refractivity contribution in [2.24, 2.45) is 11.8 Å². The molecule has 3 amide bonds. The van der Waals surface area contributed by atoms with Crippen LogP contribution in [-0.2, 0) is 58.9 Å². The normalized spacial score (nSPS) is 24.2. The Morgan fingerprint density at radius 3 is 2.24 bits per heavy atom. The smallest absolute Gasteiger partial charge is 0.409 e. The van der Waals surface area contributed by atoms with E-state index in [1.54, 1.807) is 47.7 Å². The number of methoxy groups -OCH3 is 1. The van der Waals surface area contributed by atoms with E-state index in [2.05, 4.69) is 10.8 Å². The minimum Gasteiger partial charge on any atom is -0.495 e. The van der Waals surface area contributed by atoms with E-state index in [0.717, 1.165) is 16.9 Å². The number of nitrogens with one attached hydrogen (secondary N) is 2. The van der Waals surface area contributed by atoms with Crippen molar-refractivity contribution in [2.45, 2.75) is 116 Å². The summed E-state index contributed by atoms with van der Waals surface area (Å²) in [5.41, 5.74) is 3.96. The van der Waals surface area contributed by atoms with Gasteiger partial charge in [-0.1, -0.05) is 77.8 Å². The van der Waals surface area contributed by atoms with Crippen LogP contribution in [0.4, 0.5) is 10.5 Å². The van der Waals surface area contributed by atoms with Crippen LogP contribution in [0.3, 0.4) is 0 Å². The Balaban J connectivity index is 0.000000377. The number of ether oxygens (including phenoxy) is 7. The Morgan fingerprint density at radius 2 is 1.63 bits per heavy atom. The van der Waals surface area contributed by atoms with E-state index in [1.807, 2.05) is 65.0 Å². The largest absolute Gasteiger partial charge is 0.495 e. The fourth-order valence-electron chi connectivity index (χ4n) is 7.60. The maximum absolute atomic E-state index is 13.2. The lowest BCUT2D eigenvalue weighted by Gasteiger charge is -2.41. The zero-order chi connectivity index (χ0) is 51.9. The number of hydroxylamine groups is 1. The fraction of sp³-hybridized carbons (Fsp3) is 0.694. The molecule has 5 unspecified atom stereocenters. The zero-order valence-corrected chi connectivity index (χ0v) is 45.0. The number of aliphatic carboxylic acids is 1. The maximum atomic E-state index is 13.2. The van der Waals surface area contributed by atoms with Crippen LogP contribution < -0.4 is 20.4 Å². The topological polar surface area (TPSA) is 213 Å². The lowest BCUT2D eigenvalue weighted by Crippen LogP contribution is -2.60. The quantitative estimate of drug-likeness (QED) is 0.0387. The standard InChI is InChI=1S/C28H38ClN3O6.C21H39NO8S2/c1-17-9-7-8-11-28(38-30-4)16-22(36-26(34)31-28)18(2)25-27(3,37-25)12-10-23(33)32(5)20-14-19(13-17)15-21(35-6)24(20)29;1-17(2)19(23)5-7-27-8-9-28-10-11-29-12-13-30-14-16-32-31-15-6-20(24)22(4)18(3)21(25)26/h7-9,14-15,18,22,25,30H,10-13,16H2,1-6H3,(H,31,34);17-18H,5-16H2,1-4H3,(H,25,26)/b8-7+,17-9+;/t18?,22?,25?,27?,28-;/m0./s1. The summed E-state index contributed by atoms with van der Waals surface area (Å²) < 4.78 is 38.9. The molecular weight excluding hydrogens is 968 g/mol. The number of nitrogens with zero attached hydrogens (tertiary/aromatic N) is 2.